The van der Waals surface area contributed by atoms with Gasteiger partial charge in [-0.05, 0) is 98.8 Å². The van der Waals surface area contributed by atoms with Gasteiger partial charge in [-0.15, -0.1) is 11.3 Å². The number of aromatic nitrogens is 1. The maximum Gasteiger partial charge on any atom is 0.242 e. The van der Waals surface area contributed by atoms with Crippen LogP contribution in [0.25, 0.3) is 97.6 Å². The van der Waals surface area contributed by atoms with Crippen LogP contribution in [0.15, 0.2) is 200 Å². The van der Waals surface area contributed by atoms with Crippen molar-refractivity contribution in [2.75, 3.05) is 0 Å². The summed E-state index contributed by atoms with van der Waals surface area (Å²) in [5.41, 5.74) is 18.0. The van der Waals surface area contributed by atoms with E-state index in [4.69, 9.17) is 0 Å². The Morgan fingerprint density at radius 2 is 0.983 bits per heavy atom. The molecule has 0 fully saturated rings. The SMILES string of the molecule is c1ccc(-c2cc(C3=c4ccccc4=C(n4c5cc6ccccc6cc5c5c(-c6cccc7sc8ccccc8c67)cccc54)[NH2+]N3)cc(-c3ccccc3)c2)cc1. The Kier molecular flexibility index (Phi) is 7.49. The minimum Gasteiger partial charge on any atom is -0.263 e. The second-order valence-corrected chi connectivity index (χ2v) is 16.2. The molecule has 1 aliphatic heterocycles. The molecule has 0 atom stereocenters. The van der Waals surface area contributed by atoms with Gasteiger partial charge in [0.2, 0.25) is 5.82 Å². The normalized spacial score (nSPS) is 12.8. The zero-order valence-electron chi connectivity index (χ0n) is 31.5. The van der Waals surface area contributed by atoms with Gasteiger partial charge in [0.1, 0.15) is 5.70 Å². The first-order valence-electron chi connectivity index (χ1n) is 19.8. The van der Waals surface area contributed by atoms with E-state index in [-0.39, 0.29) is 0 Å². The number of quaternary nitrogens is 1. The van der Waals surface area contributed by atoms with E-state index in [9.17, 15) is 0 Å². The number of nitrogens with two attached hydrogens (primary N) is 1. The Labute approximate surface area is 339 Å². The van der Waals surface area contributed by atoms with E-state index >= 15 is 0 Å². The molecule has 11 aromatic rings. The monoisotopic (exact) mass is 758 g/mol. The third kappa shape index (κ3) is 5.16. The highest BCUT2D eigenvalue weighted by Gasteiger charge is 2.25. The van der Waals surface area contributed by atoms with E-state index < -0.39 is 0 Å². The number of nitrogens with one attached hydrogen (secondary N) is 1. The van der Waals surface area contributed by atoms with Gasteiger partial charge in [0.15, 0.2) is 0 Å². The van der Waals surface area contributed by atoms with Gasteiger partial charge in [0, 0.05) is 41.7 Å². The first-order valence-corrected chi connectivity index (χ1v) is 20.7. The standard InChI is InChI=1S/C54H35N3S/c1-3-15-34(16-4-1)38-29-39(35-17-5-2-6-18-35)31-40(30-38)53-43-21-9-10-22-44(43)54(56-55-53)57-47-26-13-24-41(51(47)46-32-36-19-7-8-20-37(36)33-48(46)57)42-25-14-28-50-52(42)45-23-11-12-27-49(45)58-50/h1-33,55-56H/p+1. The lowest BCUT2D eigenvalue weighted by atomic mass is 9.94. The highest BCUT2D eigenvalue weighted by atomic mass is 32.1. The summed E-state index contributed by atoms with van der Waals surface area (Å²) >= 11 is 1.87. The molecule has 3 nitrogen and oxygen atoms in total. The zero-order valence-corrected chi connectivity index (χ0v) is 32.3. The molecule has 3 heterocycles. The van der Waals surface area contributed by atoms with Crippen molar-refractivity contribution < 1.29 is 5.43 Å². The lowest BCUT2D eigenvalue weighted by Gasteiger charge is -2.20. The summed E-state index contributed by atoms with van der Waals surface area (Å²) < 4.78 is 5.12. The summed E-state index contributed by atoms with van der Waals surface area (Å²) in [5.74, 6) is 1.12. The fourth-order valence-electron chi connectivity index (χ4n) is 9.25. The first-order chi connectivity index (χ1) is 28.8. The topological polar surface area (TPSA) is 33.6 Å². The molecular formula is C54H36N3S+. The van der Waals surface area contributed by atoms with Crippen molar-refractivity contribution in [2.45, 2.75) is 0 Å². The Balaban J connectivity index is 1.16. The maximum absolute atomic E-state index is 3.88. The lowest BCUT2D eigenvalue weighted by Crippen LogP contribution is -2.94. The Morgan fingerprint density at radius 3 is 1.74 bits per heavy atom. The van der Waals surface area contributed by atoms with Crippen LogP contribution < -0.4 is 21.3 Å². The molecule has 0 amide bonds. The molecule has 0 saturated heterocycles. The molecule has 4 heteroatoms. The van der Waals surface area contributed by atoms with Crippen LogP contribution in [-0.2, 0) is 0 Å². The molecule has 0 aliphatic carbocycles. The van der Waals surface area contributed by atoms with Gasteiger partial charge in [-0.2, -0.15) is 5.43 Å². The summed E-state index contributed by atoms with van der Waals surface area (Å²) in [7, 11) is 0. The van der Waals surface area contributed by atoms with Crippen LogP contribution in [-0.4, -0.2) is 4.57 Å². The number of rotatable bonds is 5. The quantitative estimate of drug-likeness (QED) is 0.168. The summed E-state index contributed by atoms with van der Waals surface area (Å²) in [6.45, 7) is 0. The molecular weight excluding hydrogens is 723 g/mol. The highest BCUT2D eigenvalue weighted by Crippen LogP contribution is 2.45. The molecule has 0 spiro atoms. The van der Waals surface area contributed by atoms with Crippen molar-refractivity contribution in [3.05, 3.63) is 216 Å². The van der Waals surface area contributed by atoms with Crippen molar-refractivity contribution >= 4 is 75.6 Å². The molecule has 58 heavy (non-hydrogen) atoms. The average Bonchev–Trinajstić information content (AvgIpc) is 3.84. The fourth-order valence-corrected chi connectivity index (χ4v) is 10.4. The van der Waals surface area contributed by atoms with Crippen LogP contribution in [0.3, 0.4) is 0 Å². The second kappa shape index (κ2) is 13.2. The molecule has 12 rings (SSSR count). The average molecular weight is 759 g/mol. The maximum atomic E-state index is 3.88. The summed E-state index contributed by atoms with van der Waals surface area (Å²) in [6.07, 6.45) is 0. The Hall–Kier alpha value is -7.24. The van der Waals surface area contributed by atoms with Crippen molar-refractivity contribution in [3.8, 4) is 33.4 Å². The summed E-state index contributed by atoms with van der Waals surface area (Å²) in [6, 6.07) is 73.2. The van der Waals surface area contributed by atoms with Crippen LogP contribution in [0.2, 0.25) is 0 Å². The molecule has 0 bridgehead atoms. The molecule has 9 aromatic carbocycles. The van der Waals surface area contributed by atoms with Crippen molar-refractivity contribution in [1.29, 1.82) is 0 Å². The van der Waals surface area contributed by atoms with Crippen LogP contribution in [0, 0.1) is 0 Å². The minimum absolute atomic E-state index is 1.09. The Bertz CT molecular complexity index is 3500. The van der Waals surface area contributed by atoms with Crippen LogP contribution >= 0.6 is 11.3 Å². The van der Waals surface area contributed by atoms with Crippen LogP contribution in [0.5, 0.6) is 0 Å². The van der Waals surface area contributed by atoms with Gasteiger partial charge in [-0.3, -0.25) is 4.57 Å². The third-order valence-corrected chi connectivity index (χ3v) is 13.0. The van der Waals surface area contributed by atoms with Gasteiger partial charge < -0.3 is 0 Å². The number of nitrogens with zero attached hydrogens (tertiary/aromatic N) is 1. The molecule has 0 radical (unpaired) electrons. The number of thiophene rings is 1. The second-order valence-electron chi connectivity index (χ2n) is 15.2. The number of hydrogen-bond donors (Lipinski definition) is 2. The Morgan fingerprint density at radius 1 is 0.397 bits per heavy atom. The molecule has 3 N–H and O–H groups in total. The highest BCUT2D eigenvalue weighted by molar-refractivity contribution is 7.25. The number of benzene rings is 9. The summed E-state index contributed by atoms with van der Waals surface area (Å²) in [4.78, 5) is 0. The van der Waals surface area contributed by atoms with Crippen molar-refractivity contribution in [1.82, 2.24) is 9.99 Å². The zero-order chi connectivity index (χ0) is 38.2. The first kappa shape index (κ1) is 33.0. The number of fused-ring (bicyclic) bond motifs is 8. The van der Waals surface area contributed by atoms with Crippen molar-refractivity contribution in [2.24, 2.45) is 0 Å². The van der Waals surface area contributed by atoms with E-state index in [1.165, 1.54) is 96.6 Å². The van der Waals surface area contributed by atoms with Gasteiger partial charge in [-0.1, -0.05) is 146 Å². The van der Waals surface area contributed by atoms with E-state index in [1.54, 1.807) is 0 Å². The smallest absolute Gasteiger partial charge is 0.242 e. The van der Waals surface area contributed by atoms with Gasteiger partial charge >= 0.3 is 0 Å². The predicted molar refractivity (Wildman–Crippen MR) is 245 cm³/mol. The molecule has 0 saturated carbocycles. The largest absolute Gasteiger partial charge is 0.263 e. The summed E-state index contributed by atoms with van der Waals surface area (Å²) in [5, 5.41) is 9.97. The third-order valence-electron chi connectivity index (χ3n) is 11.9. The van der Waals surface area contributed by atoms with Gasteiger partial charge in [0.05, 0.1) is 16.3 Å². The van der Waals surface area contributed by atoms with E-state index in [0.717, 1.165) is 17.1 Å². The van der Waals surface area contributed by atoms with Gasteiger partial charge in [0.25, 0.3) is 0 Å². The van der Waals surface area contributed by atoms with Crippen LogP contribution in [0.4, 0.5) is 0 Å². The molecule has 0 unspecified atom stereocenters. The fraction of sp³-hybridized carbons (Fsp3) is 0. The van der Waals surface area contributed by atoms with E-state index in [2.05, 4.69) is 216 Å². The number of hydrogen-bond acceptors (Lipinski definition) is 2. The molecule has 1 aliphatic rings. The predicted octanol–water partition coefficient (Wildman–Crippen LogP) is 11.2. The molecule has 272 valence electrons. The van der Waals surface area contributed by atoms with Crippen molar-refractivity contribution in [3.63, 3.8) is 0 Å². The van der Waals surface area contributed by atoms with Gasteiger partial charge in [-0.25, -0.2) is 5.43 Å². The minimum atomic E-state index is 1.09. The van der Waals surface area contributed by atoms with E-state index in [0.29, 0.717) is 0 Å². The molecule has 2 aromatic heterocycles. The van der Waals surface area contributed by atoms with E-state index in [1.807, 2.05) is 11.3 Å². The lowest BCUT2D eigenvalue weighted by molar-refractivity contribution is -0.618. The van der Waals surface area contributed by atoms with Crippen LogP contribution in [0.1, 0.15) is 5.56 Å².